The van der Waals surface area contributed by atoms with E-state index in [-0.39, 0.29) is 35.6 Å². The molecule has 2 aliphatic rings. The summed E-state index contributed by atoms with van der Waals surface area (Å²) in [6.07, 6.45) is 2.63. The molecule has 2 aliphatic heterocycles. The number of fused-ring (bicyclic) bond motifs is 2. The van der Waals surface area contributed by atoms with E-state index in [1.807, 2.05) is 0 Å². The molecule has 200 valence electrons. The number of hydrogen-bond acceptors (Lipinski definition) is 5. The van der Waals surface area contributed by atoms with E-state index in [0.717, 1.165) is 32.0 Å². The number of rotatable bonds is 7. The molecule has 0 saturated carbocycles. The van der Waals surface area contributed by atoms with E-state index in [4.69, 9.17) is 0 Å². The van der Waals surface area contributed by atoms with Crippen LogP contribution in [-0.2, 0) is 13.1 Å². The molecule has 2 N–H and O–H groups in total. The number of aromatic nitrogens is 1. The highest BCUT2D eigenvalue weighted by atomic mass is 19.1. The molecule has 2 atom stereocenters. The third-order valence-corrected chi connectivity index (χ3v) is 6.98. The van der Waals surface area contributed by atoms with Gasteiger partial charge in [0.05, 0.1) is 6.54 Å². The lowest BCUT2D eigenvalue weighted by Crippen LogP contribution is -2.65. The van der Waals surface area contributed by atoms with Crippen molar-refractivity contribution in [2.24, 2.45) is 11.8 Å². The third-order valence-electron chi connectivity index (χ3n) is 6.98. The van der Waals surface area contributed by atoms with E-state index in [1.54, 1.807) is 4.90 Å². The van der Waals surface area contributed by atoms with Gasteiger partial charge in [-0.3, -0.25) is 19.3 Å². The summed E-state index contributed by atoms with van der Waals surface area (Å²) in [7, 11) is 0. The number of halogens is 2. The Bertz CT molecular complexity index is 1260. The first-order valence-electron chi connectivity index (χ1n) is 12.7. The predicted octanol–water partition coefficient (Wildman–Crippen LogP) is 3.32. The van der Waals surface area contributed by atoms with E-state index in [0.29, 0.717) is 24.4 Å². The molecule has 10 heteroatoms. The quantitative estimate of drug-likeness (QED) is 0.589. The van der Waals surface area contributed by atoms with Crippen molar-refractivity contribution in [2.75, 3.05) is 13.1 Å². The van der Waals surface area contributed by atoms with Gasteiger partial charge in [-0.1, -0.05) is 33.8 Å². The Morgan fingerprint density at radius 2 is 1.89 bits per heavy atom. The van der Waals surface area contributed by atoms with Crippen LogP contribution in [0.15, 0.2) is 29.2 Å². The van der Waals surface area contributed by atoms with Crippen LogP contribution in [0.2, 0.25) is 0 Å². The summed E-state index contributed by atoms with van der Waals surface area (Å²) < 4.78 is 28.6. The summed E-state index contributed by atoms with van der Waals surface area (Å²) in [5.41, 5.74) is -1.39. The molecular formula is C27H34F2N4O4. The van der Waals surface area contributed by atoms with Crippen molar-refractivity contribution >= 4 is 11.8 Å². The smallest absolute Gasteiger partial charge is 0.276 e. The Hall–Kier alpha value is -3.27. The number of nitrogens with one attached hydrogen (secondary N) is 1. The van der Waals surface area contributed by atoms with Crippen LogP contribution in [0.5, 0.6) is 5.75 Å². The molecule has 1 saturated heterocycles. The van der Waals surface area contributed by atoms with E-state index < -0.39 is 34.6 Å². The highest BCUT2D eigenvalue weighted by Crippen LogP contribution is 2.33. The summed E-state index contributed by atoms with van der Waals surface area (Å²) in [6, 6.07) is 2.96. The second-order valence-electron chi connectivity index (χ2n) is 10.8. The van der Waals surface area contributed by atoms with Crippen molar-refractivity contribution in [2.45, 2.75) is 65.8 Å². The molecule has 2 amide bonds. The first kappa shape index (κ1) is 26.8. The van der Waals surface area contributed by atoms with Crippen LogP contribution in [0.3, 0.4) is 0 Å². The van der Waals surface area contributed by atoms with Crippen molar-refractivity contribution in [1.82, 2.24) is 19.7 Å². The molecule has 0 aliphatic carbocycles. The molecule has 3 heterocycles. The lowest BCUT2D eigenvalue weighted by molar-refractivity contribution is -0.0449. The Labute approximate surface area is 214 Å². The fourth-order valence-corrected chi connectivity index (χ4v) is 5.40. The van der Waals surface area contributed by atoms with Crippen molar-refractivity contribution in [1.29, 1.82) is 0 Å². The van der Waals surface area contributed by atoms with Gasteiger partial charge in [0.15, 0.2) is 11.4 Å². The summed E-state index contributed by atoms with van der Waals surface area (Å²) in [5.74, 6) is -2.85. The third kappa shape index (κ3) is 5.39. The number of carbonyl (C=O) groups is 2. The number of carbonyl (C=O) groups excluding carboxylic acids is 2. The van der Waals surface area contributed by atoms with Crippen LogP contribution in [0, 0.1) is 23.5 Å². The molecule has 0 spiro atoms. The summed E-state index contributed by atoms with van der Waals surface area (Å²) in [4.78, 5) is 43.6. The largest absolute Gasteiger partial charge is 0.503 e. The molecule has 0 radical (unpaired) electrons. The van der Waals surface area contributed by atoms with Crippen LogP contribution in [0.4, 0.5) is 8.78 Å². The fourth-order valence-electron chi connectivity index (χ4n) is 5.40. The molecular weight excluding hydrogens is 482 g/mol. The standard InChI is InChI=1S/C27H34F2N4O4/c1-15(2)9-19-7-8-31(12-16(3)4)22-14-32-13-20(24(34)25(35)23(32)27(37)33(19)22)26(36)30-11-17-5-6-18(28)10-21(17)29/h5-6,10,13,15-16,19,22,35H,7-9,11-12,14H2,1-4H3,(H,30,36)/t19-,22?/m1/s1. The number of amides is 2. The first-order valence-corrected chi connectivity index (χ1v) is 12.7. The Morgan fingerprint density at radius 1 is 1.16 bits per heavy atom. The monoisotopic (exact) mass is 516 g/mol. The minimum atomic E-state index is -0.966. The number of nitrogens with zero attached hydrogens (tertiary/aromatic N) is 3. The van der Waals surface area contributed by atoms with Crippen LogP contribution >= 0.6 is 0 Å². The van der Waals surface area contributed by atoms with Gasteiger partial charge in [-0.25, -0.2) is 8.78 Å². The van der Waals surface area contributed by atoms with Gasteiger partial charge in [0.25, 0.3) is 11.8 Å². The van der Waals surface area contributed by atoms with Crippen LogP contribution in [0.25, 0.3) is 0 Å². The molecule has 1 aromatic carbocycles. The van der Waals surface area contributed by atoms with Crippen molar-refractivity contribution in [3.05, 3.63) is 63.1 Å². The zero-order valence-corrected chi connectivity index (χ0v) is 21.6. The number of benzene rings is 1. The van der Waals surface area contributed by atoms with Gasteiger partial charge in [-0.05, 0) is 30.7 Å². The Kier molecular flexibility index (Phi) is 7.68. The van der Waals surface area contributed by atoms with Crippen LogP contribution in [-0.4, -0.2) is 56.6 Å². The van der Waals surface area contributed by atoms with Gasteiger partial charge in [-0.15, -0.1) is 0 Å². The zero-order chi connectivity index (χ0) is 27.0. The van der Waals surface area contributed by atoms with Gasteiger partial charge in [0.2, 0.25) is 5.43 Å². The summed E-state index contributed by atoms with van der Waals surface area (Å²) >= 11 is 0. The zero-order valence-electron chi connectivity index (χ0n) is 21.6. The lowest BCUT2D eigenvalue weighted by atomic mass is 9.94. The van der Waals surface area contributed by atoms with Crippen molar-refractivity contribution in [3.8, 4) is 5.75 Å². The molecule has 1 fully saturated rings. The topological polar surface area (TPSA) is 94.9 Å². The summed E-state index contributed by atoms with van der Waals surface area (Å²) in [5, 5.41) is 13.2. The average Bonchev–Trinajstić information content (AvgIpc) is 2.81. The highest BCUT2D eigenvalue weighted by Gasteiger charge is 2.44. The molecule has 2 aromatic rings. The SMILES string of the molecule is CC(C)C[C@H]1CCN(CC(C)C)C2Cn3cc(C(=O)NCc4ccc(F)cc4F)c(=O)c(O)c3C(=O)N21. The van der Waals surface area contributed by atoms with E-state index >= 15 is 0 Å². The van der Waals surface area contributed by atoms with E-state index in [1.165, 1.54) is 16.8 Å². The van der Waals surface area contributed by atoms with Crippen LogP contribution < -0.4 is 10.7 Å². The van der Waals surface area contributed by atoms with Gasteiger partial charge in [-0.2, -0.15) is 0 Å². The average molecular weight is 517 g/mol. The molecule has 1 unspecified atom stereocenters. The van der Waals surface area contributed by atoms with E-state index in [9.17, 15) is 28.3 Å². The minimum Gasteiger partial charge on any atom is -0.503 e. The molecule has 0 bridgehead atoms. The Balaban J connectivity index is 1.66. The van der Waals surface area contributed by atoms with Gasteiger partial charge >= 0.3 is 0 Å². The predicted molar refractivity (Wildman–Crippen MR) is 134 cm³/mol. The Morgan fingerprint density at radius 3 is 2.54 bits per heavy atom. The van der Waals surface area contributed by atoms with Gasteiger partial charge in [0.1, 0.15) is 23.4 Å². The first-order chi connectivity index (χ1) is 17.5. The second-order valence-corrected chi connectivity index (χ2v) is 10.8. The maximum Gasteiger partial charge on any atom is 0.276 e. The van der Waals surface area contributed by atoms with E-state index in [2.05, 4.69) is 37.9 Å². The molecule has 37 heavy (non-hydrogen) atoms. The molecule has 4 rings (SSSR count). The second kappa shape index (κ2) is 10.6. The maximum absolute atomic E-state index is 14.0. The number of hydrogen-bond donors (Lipinski definition) is 2. The highest BCUT2D eigenvalue weighted by molar-refractivity contribution is 5.99. The fraction of sp³-hybridized carbons (Fsp3) is 0.519. The van der Waals surface area contributed by atoms with Crippen molar-refractivity contribution in [3.63, 3.8) is 0 Å². The van der Waals surface area contributed by atoms with Crippen molar-refractivity contribution < 1.29 is 23.5 Å². The van der Waals surface area contributed by atoms with Crippen LogP contribution in [0.1, 0.15) is 66.9 Å². The summed E-state index contributed by atoms with van der Waals surface area (Å²) in [6.45, 7) is 10.0. The minimum absolute atomic E-state index is 0.0160. The normalized spacial score (nSPS) is 19.8. The van der Waals surface area contributed by atoms with Gasteiger partial charge in [0, 0.05) is 43.5 Å². The number of aromatic hydroxyl groups is 1. The lowest BCUT2D eigenvalue weighted by Gasteiger charge is -2.52. The molecule has 1 aromatic heterocycles. The molecule has 8 nitrogen and oxygen atoms in total. The number of pyridine rings is 1. The van der Waals surface area contributed by atoms with Gasteiger partial charge < -0.3 is 19.9 Å². The maximum atomic E-state index is 14.0.